The van der Waals surface area contributed by atoms with Gasteiger partial charge in [-0.1, -0.05) is 115 Å². The van der Waals surface area contributed by atoms with E-state index in [-0.39, 0.29) is 6.04 Å². The van der Waals surface area contributed by atoms with Crippen LogP contribution in [0.1, 0.15) is 29.2 Å². The summed E-state index contributed by atoms with van der Waals surface area (Å²) in [6.45, 7) is 1.84. The molecular formula is C40H34N2O. The van der Waals surface area contributed by atoms with Gasteiger partial charge in [0.25, 0.3) is 0 Å². The average molecular weight is 559 g/mol. The van der Waals surface area contributed by atoms with Crippen molar-refractivity contribution in [2.75, 3.05) is 5.73 Å². The highest BCUT2D eigenvalue weighted by Gasteiger charge is 2.27. The van der Waals surface area contributed by atoms with Crippen molar-refractivity contribution in [3.8, 4) is 22.3 Å². The molecule has 5 aromatic rings. The monoisotopic (exact) mass is 558 g/mol. The lowest BCUT2D eigenvalue weighted by Gasteiger charge is -2.27. The number of allylic oxidation sites excluding steroid dienone is 4. The summed E-state index contributed by atoms with van der Waals surface area (Å²) < 4.78 is 0. The number of nitrogens with two attached hydrogens (primary N) is 2. The van der Waals surface area contributed by atoms with E-state index in [0.29, 0.717) is 12.1 Å². The average Bonchev–Trinajstić information content (AvgIpc) is 3.18. The molecule has 3 nitrogen and oxygen atoms in total. The molecule has 43 heavy (non-hydrogen) atoms. The van der Waals surface area contributed by atoms with Crippen LogP contribution < -0.4 is 11.5 Å². The number of hydrogen-bond acceptors (Lipinski definition) is 3. The molecule has 2 aliphatic carbocycles. The highest BCUT2D eigenvalue weighted by molar-refractivity contribution is 6.10. The maximum Gasteiger partial charge on any atom is 0.0998 e. The van der Waals surface area contributed by atoms with Gasteiger partial charge in [0.15, 0.2) is 0 Å². The summed E-state index contributed by atoms with van der Waals surface area (Å²) >= 11 is 0. The summed E-state index contributed by atoms with van der Waals surface area (Å²) in [5, 5.41) is 13.8. The van der Waals surface area contributed by atoms with E-state index in [2.05, 4.69) is 97.1 Å². The number of anilines is 1. The minimum absolute atomic E-state index is 0.0975. The Morgan fingerprint density at radius 1 is 0.651 bits per heavy atom. The fraction of sp³-hybridized carbons (Fsp3) is 0.100. The fourth-order valence-electron chi connectivity index (χ4n) is 6.51. The van der Waals surface area contributed by atoms with E-state index in [1.54, 1.807) is 0 Å². The van der Waals surface area contributed by atoms with E-state index in [4.69, 9.17) is 11.5 Å². The first-order valence-electron chi connectivity index (χ1n) is 14.8. The van der Waals surface area contributed by atoms with E-state index in [1.165, 1.54) is 16.7 Å². The van der Waals surface area contributed by atoms with Crippen LogP contribution in [0.3, 0.4) is 0 Å². The molecule has 0 amide bonds. The van der Waals surface area contributed by atoms with Crippen LogP contribution in [-0.4, -0.2) is 16.7 Å². The number of benzene rings is 5. The van der Waals surface area contributed by atoms with Crippen molar-refractivity contribution in [3.63, 3.8) is 0 Å². The maximum absolute atomic E-state index is 11.6. The van der Waals surface area contributed by atoms with Gasteiger partial charge in [-0.2, -0.15) is 0 Å². The largest absolute Gasteiger partial charge is 0.399 e. The first-order chi connectivity index (χ1) is 20.9. The fourth-order valence-corrected chi connectivity index (χ4v) is 6.51. The van der Waals surface area contributed by atoms with Crippen LogP contribution in [0.25, 0.3) is 50.2 Å². The SMILES string of the molecule is CC1(O)C=C(c2ccccc2)C=CC(c2c3c(c(-c4ccc(-c5ccccc5)cc4)c4cc(N)ccc24)C=CC(N)C3)=C1. The van der Waals surface area contributed by atoms with Crippen LogP contribution in [0.5, 0.6) is 0 Å². The third-order valence-corrected chi connectivity index (χ3v) is 8.44. The zero-order valence-electron chi connectivity index (χ0n) is 24.2. The van der Waals surface area contributed by atoms with Gasteiger partial charge in [0.05, 0.1) is 5.60 Å². The van der Waals surface area contributed by atoms with Crippen molar-refractivity contribution in [2.24, 2.45) is 5.73 Å². The van der Waals surface area contributed by atoms with Crippen molar-refractivity contribution in [3.05, 3.63) is 156 Å². The van der Waals surface area contributed by atoms with Crippen molar-refractivity contribution >= 4 is 33.7 Å². The maximum atomic E-state index is 11.6. The van der Waals surface area contributed by atoms with Crippen LogP contribution in [0, 0.1) is 0 Å². The van der Waals surface area contributed by atoms with E-state index < -0.39 is 5.60 Å². The third-order valence-electron chi connectivity index (χ3n) is 8.44. The van der Waals surface area contributed by atoms with Gasteiger partial charge in [0.2, 0.25) is 0 Å². The summed E-state index contributed by atoms with van der Waals surface area (Å²) in [4.78, 5) is 0. The first kappa shape index (κ1) is 26.9. The van der Waals surface area contributed by atoms with Crippen LogP contribution in [0.15, 0.2) is 134 Å². The second kappa shape index (κ2) is 10.7. The van der Waals surface area contributed by atoms with Crippen molar-refractivity contribution in [1.29, 1.82) is 0 Å². The predicted octanol–water partition coefficient (Wildman–Crippen LogP) is 8.44. The number of hydrogen-bond donors (Lipinski definition) is 3. The highest BCUT2D eigenvalue weighted by atomic mass is 16.3. The summed E-state index contributed by atoms with van der Waals surface area (Å²) in [5.41, 5.74) is 23.6. The zero-order valence-corrected chi connectivity index (χ0v) is 24.2. The molecule has 3 heteroatoms. The van der Waals surface area contributed by atoms with E-state index >= 15 is 0 Å². The standard InChI is InChI=1S/C40H34N2O/c1-40(43)24-30(27-10-6-3-7-11-27)16-17-31(25-40)39-35-21-19-32(41)22-36(35)38(34-20-18-33(42)23-37(34)39)29-14-12-28(13-15-29)26-8-4-2-5-9-26/h2-22,24-25,33,43H,23,41-42H2,1H3. The Hall–Kier alpha value is -4.96. The van der Waals surface area contributed by atoms with Gasteiger partial charge in [-0.25, -0.2) is 0 Å². The Kier molecular flexibility index (Phi) is 6.70. The number of rotatable bonds is 4. The Balaban J connectivity index is 1.45. The number of aliphatic hydroxyl groups is 1. The molecule has 0 saturated heterocycles. The van der Waals surface area contributed by atoms with Crippen molar-refractivity contribution in [2.45, 2.75) is 25.0 Å². The molecule has 5 N–H and O–H groups in total. The first-order valence-corrected chi connectivity index (χ1v) is 14.8. The Morgan fingerprint density at radius 2 is 1.26 bits per heavy atom. The topological polar surface area (TPSA) is 72.3 Å². The second-order valence-corrected chi connectivity index (χ2v) is 11.7. The van der Waals surface area contributed by atoms with E-state index in [0.717, 1.165) is 49.7 Å². The van der Waals surface area contributed by atoms with Gasteiger partial charge < -0.3 is 16.6 Å². The quantitative estimate of drug-likeness (QED) is 0.194. The lowest BCUT2D eigenvalue weighted by atomic mass is 9.78. The van der Waals surface area contributed by atoms with Crippen LogP contribution in [0.4, 0.5) is 5.69 Å². The number of fused-ring (bicyclic) bond motifs is 2. The molecule has 2 atom stereocenters. The van der Waals surface area contributed by atoms with Gasteiger partial charge >= 0.3 is 0 Å². The molecule has 0 radical (unpaired) electrons. The molecule has 2 unspecified atom stereocenters. The van der Waals surface area contributed by atoms with Gasteiger partial charge in [-0.05, 0) is 104 Å². The second-order valence-electron chi connectivity index (χ2n) is 11.7. The predicted molar refractivity (Wildman–Crippen MR) is 182 cm³/mol. The van der Waals surface area contributed by atoms with E-state index in [1.807, 2.05) is 49.4 Å². The minimum Gasteiger partial charge on any atom is -0.399 e. The molecule has 0 spiro atoms. The molecule has 2 aliphatic rings. The highest BCUT2D eigenvalue weighted by Crippen LogP contribution is 2.45. The van der Waals surface area contributed by atoms with Gasteiger partial charge in [0.1, 0.15) is 0 Å². The summed E-state index contributed by atoms with van der Waals surface area (Å²) in [6, 6.07) is 35.4. The summed E-state index contributed by atoms with van der Waals surface area (Å²) in [7, 11) is 0. The van der Waals surface area contributed by atoms with Gasteiger partial charge in [-0.15, -0.1) is 0 Å². The number of nitrogen functional groups attached to an aromatic ring is 1. The smallest absolute Gasteiger partial charge is 0.0998 e. The Bertz CT molecular complexity index is 1960. The lowest BCUT2D eigenvalue weighted by molar-refractivity contribution is 0.165. The zero-order chi connectivity index (χ0) is 29.6. The molecule has 5 aromatic carbocycles. The molecule has 0 aromatic heterocycles. The van der Waals surface area contributed by atoms with Crippen LogP contribution in [0.2, 0.25) is 0 Å². The molecule has 0 saturated carbocycles. The van der Waals surface area contributed by atoms with Crippen LogP contribution in [-0.2, 0) is 6.42 Å². The van der Waals surface area contributed by atoms with Gasteiger partial charge in [0, 0.05) is 11.7 Å². The Labute approximate surface area is 252 Å². The lowest BCUT2D eigenvalue weighted by Crippen LogP contribution is -2.24. The molecule has 0 bridgehead atoms. The van der Waals surface area contributed by atoms with Crippen molar-refractivity contribution < 1.29 is 5.11 Å². The third kappa shape index (κ3) is 5.14. The van der Waals surface area contributed by atoms with Gasteiger partial charge in [-0.3, -0.25) is 0 Å². The summed E-state index contributed by atoms with van der Waals surface area (Å²) in [5.74, 6) is 0. The molecule has 0 fully saturated rings. The normalized spacial score (nSPS) is 19.5. The van der Waals surface area contributed by atoms with E-state index in [9.17, 15) is 5.11 Å². The van der Waals surface area contributed by atoms with Crippen molar-refractivity contribution in [1.82, 2.24) is 0 Å². The molecule has 210 valence electrons. The minimum atomic E-state index is -1.16. The summed E-state index contributed by atoms with van der Waals surface area (Å²) in [6.07, 6.45) is 13.1. The molecule has 7 rings (SSSR count). The molecule has 0 heterocycles. The molecular weight excluding hydrogens is 524 g/mol. The molecule has 0 aliphatic heterocycles. The van der Waals surface area contributed by atoms with Crippen LogP contribution >= 0.6 is 0 Å². The Morgan fingerprint density at radius 3 is 1.98 bits per heavy atom.